The fourth-order valence-electron chi connectivity index (χ4n) is 1.38. The van der Waals surface area contributed by atoms with Crippen LogP contribution in [0.4, 0.5) is 11.4 Å². The van der Waals surface area contributed by atoms with Gasteiger partial charge in [0.05, 0.1) is 16.8 Å². The molecule has 1 aromatic rings. The number of hydrogen-bond acceptors (Lipinski definition) is 3. The molecule has 0 radical (unpaired) electrons. The minimum absolute atomic E-state index is 0.297. The number of nitrogen functional groups attached to an aromatic ring is 1. The Balaban J connectivity index is 2.47. The molecule has 3 N–H and O–H groups in total. The monoisotopic (exact) mass is 198 g/mol. The lowest BCUT2D eigenvalue weighted by Gasteiger charge is -2.25. The van der Waals surface area contributed by atoms with Crippen LogP contribution in [0.2, 0.25) is 5.02 Å². The van der Waals surface area contributed by atoms with E-state index in [4.69, 9.17) is 22.1 Å². The Labute approximate surface area is 81.8 Å². The van der Waals surface area contributed by atoms with Crippen LogP contribution >= 0.6 is 11.6 Å². The Bertz CT molecular complexity index is 341. The van der Waals surface area contributed by atoms with Gasteiger partial charge >= 0.3 is 0 Å². The molecule has 70 valence electrons. The van der Waals surface area contributed by atoms with E-state index in [9.17, 15) is 0 Å². The van der Waals surface area contributed by atoms with Gasteiger partial charge < -0.3 is 15.8 Å². The second-order valence-corrected chi connectivity index (χ2v) is 3.64. The molecule has 0 saturated carbocycles. The van der Waals surface area contributed by atoms with Crippen molar-refractivity contribution in [2.75, 3.05) is 17.7 Å². The van der Waals surface area contributed by atoms with E-state index in [2.05, 4.69) is 5.32 Å². The van der Waals surface area contributed by atoms with Crippen molar-refractivity contribution in [2.24, 2.45) is 0 Å². The van der Waals surface area contributed by atoms with Crippen LogP contribution in [0.25, 0.3) is 0 Å². The standard InChI is InChI=1S/C9H11ClN2O/c1-5-4-13-9-7(10)2-6(11)3-8(9)12-5/h2-3,5,12H,4,11H2,1H3. The molecule has 13 heavy (non-hydrogen) atoms. The maximum atomic E-state index is 5.95. The number of nitrogens with two attached hydrogens (primary N) is 1. The minimum atomic E-state index is 0.297. The highest BCUT2D eigenvalue weighted by Gasteiger charge is 2.18. The van der Waals surface area contributed by atoms with Gasteiger partial charge in [0.25, 0.3) is 0 Å². The van der Waals surface area contributed by atoms with Gasteiger partial charge in [-0.3, -0.25) is 0 Å². The maximum Gasteiger partial charge on any atom is 0.161 e. The second-order valence-electron chi connectivity index (χ2n) is 3.24. The summed E-state index contributed by atoms with van der Waals surface area (Å²) in [6.07, 6.45) is 0. The molecule has 4 heteroatoms. The molecule has 2 rings (SSSR count). The van der Waals surface area contributed by atoms with Crippen LogP contribution in [0, 0.1) is 0 Å². The van der Waals surface area contributed by atoms with Crippen molar-refractivity contribution in [1.82, 2.24) is 0 Å². The summed E-state index contributed by atoms with van der Waals surface area (Å²) in [5.74, 6) is 0.703. The number of ether oxygens (including phenoxy) is 1. The number of rotatable bonds is 0. The largest absolute Gasteiger partial charge is 0.488 e. The lowest BCUT2D eigenvalue weighted by Crippen LogP contribution is -2.28. The first-order valence-electron chi connectivity index (χ1n) is 4.15. The van der Waals surface area contributed by atoms with Gasteiger partial charge in [0, 0.05) is 5.69 Å². The average molecular weight is 199 g/mol. The summed E-state index contributed by atoms with van der Waals surface area (Å²) in [6, 6.07) is 3.82. The molecule has 1 aliphatic heterocycles. The predicted octanol–water partition coefficient (Wildman–Crippen LogP) is 2.12. The van der Waals surface area contributed by atoms with Crippen molar-refractivity contribution in [2.45, 2.75) is 13.0 Å². The average Bonchev–Trinajstić information content (AvgIpc) is 2.02. The predicted molar refractivity (Wildman–Crippen MR) is 54.4 cm³/mol. The highest BCUT2D eigenvalue weighted by Crippen LogP contribution is 2.37. The molecule has 0 saturated heterocycles. The molecule has 1 aliphatic rings. The number of nitrogens with one attached hydrogen (secondary N) is 1. The molecule has 0 amide bonds. The minimum Gasteiger partial charge on any atom is -0.488 e. The lowest BCUT2D eigenvalue weighted by atomic mass is 10.2. The molecular formula is C9H11ClN2O. The van der Waals surface area contributed by atoms with Gasteiger partial charge in [-0.05, 0) is 19.1 Å². The number of halogens is 1. The number of benzene rings is 1. The van der Waals surface area contributed by atoms with E-state index in [0.29, 0.717) is 29.1 Å². The third kappa shape index (κ3) is 1.52. The van der Waals surface area contributed by atoms with Crippen molar-refractivity contribution in [3.05, 3.63) is 17.2 Å². The topological polar surface area (TPSA) is 47.3 Å². The van der Waals surface area contributed by atoms with Crippen LogP contribution in [0.5, 0.6) is 5.75 Å². The van der Waals surface area contributed by atoms with Gasteiger partial charge in [-0.25, -0.2) is 0 Å². The Kier molecular flexibility index (Phi) is 1.96. The summed E-state index contributed by atoms with van der Waals surface area (Å²) in [4.78, 5) is 0. The molecule has 0 spiro atoms. The SMILES string of the molecule is CC1COc2c(Cl)cc(N)cc2N1. The summed E-state index contributed by atoms with van der Waals surface area (Å²) < 4.78 is 5.47. The van der Waals surface area contributed by atoms with Crippen molar-refractivity contribution in [3.63, 3.8) is 0 Å². The Morgan fingerprint density at radius 2 is 2.38 bits per heavy atom. The molecule has 1 unspecified atom stereocenters. The van der Waals surface area contributed by atoms with Crippen LogP contribution in [0.3, 0.4) is 0 Å². The smallest absolute Gasteiger partial charge is 0.161 e. The number of anilines is 2. The summed E-state index contributed by atoms with van der Waals surface area (Å²) in [5, 5.41) is 3.82. The third-order valence-corrected chi connectivity index (χ3v) is 2.23. The first-order valence-corrected chi connectivity index (χ1v) is 4.53. The van der Waals surface area contributed by atoms with E-state index in [1.165, 1.54) is 0 Å². The van der Waals surface area contributed by atoms with E-state index in [1.54, 1.807) is 6.07 Å². The van der Waals surface area contributed by atoms with Crippen molar-refractivity contribution < 1.29 is 4.74 Å². The van der Waals surface area contributed by atoms with E-state index in [-0.39, 0.29) is 0 Å². The molecule has 0 fully saturated rings. The molecule has 1 atom stereocenters. The second kappa shape index (κ2) is 3.00. The van der Waals surface area contributed by atoms with Crippen LogP contribution < -0.4 is 15.8 Å². The van der Waals surface area contributed by atoms with Crippen molar-refractivity contribution >= 4 is 23.0 Å². The number of hydrogen-bond donors (Lipinski definition) is 2. The van der Waals surface area contributed by atoms with Crippen LogP contribution in [0.15, 0.2) is 12.1 Å². The summed E-state index contributed by atoms with van der Waals surface area (Å²) in [6.45, 7) is 2.68. The Morgan fingerprint density at radius 3 is 3.15 bits per heavy atom. The maximum absolute atomic E-state index is 5.95. The number of fused-ring (bicyclic) bond motifs is 1. The van der Waals surface area contributed by atoms with Crippen LogP contribution in [0.1, 0.15) is 6.92 Å². The van der Waals surface area contributed by atoms with E-state index in [1.807, 2.05) is 13.0 Å². The molecule has 1 aromatic carbocycles. The first-order chi connectivity index (χ1) is 6.16. The van der Waals surface area contributed by atoms with Crippen molar-refractivity contribution in [3.8, 4) is 5.75 Å². The zero-order chi connectivity index (χ0) is 9.42. The highest BCUT2D eigenvalue weighted by atomic mass is 35.5. The van der Waals surface area contributed by atoms with Gasteiger partial charge in [0.1, 0.15) is 6.61 Å². The van der Waals surface area contributed by atoms with Crippen molar-refractivity contribution in [1.29, 1.82) is 0 Å². The van der Waals surface area contributed by atoms with E-state index < -0.39 is 0 Å². The zero-order valence-corrected chi connectivity index (χ0v) is 8.06. The van der Waals surface area contributed by atoms with Gasteiger partial charge in [-0.2, -0.15) is 0 Å². The molecule has 1 heterocycles. The fourth-order valence-corrected chi connectivity index (χ4v) is 1.67. The lowest BCUT2D eigenvalue weighted by molar-refractivity contribution is 0.292. The zero-order valence-electron chi connectivity index (χ0n) is 7.30. The molecule has 3 nitrogen and oxygen atoms in total. The highest BCUT2D eigenvalue weighted by molar-refractivity contribution is 6.32. The van der Waals surface area contributed by atoms with Gasteiger partial charge in [0.2, 0.25) is 0 Å². The van der Waals surface area contributed by atoms with Gasteiger partial charge in [-0.1, -0.05) is 11.6 Å². The normalized spacial score (nSPS) is 20.0. The third-order valence-electron chi connectivity index (χ3n) is 1.95. The summed E-state index contributed by atoms with van der Waals surface area (Å²) in [5.41, 5.74) is 7.17. The van der Waals surface area contributed by atoms with Crippen LogP contribution in [-0.2, 0) is 0 Å². The Hall–Kier alpha value is -1.09. The molecule has 0 bridgehead atoms. The summed E-state index contributed by atoms with van der Waals surface area (Å²) in [7, 11) is 0. The summed E-state index contributed by atoms with van der Waals surface area (Å²) >= 11 is 5.95. The fraction of sp³-hybridized carbons (Fsp3) is 0.333. The van der Waals surface area contributed by atoms with E-state index in [0.717, 1.165) is 5.69 Å². The van der Waals surface area contributed by atoms with Gasteiger partial charge in [-0.15, -0.1) is 0 Å². The molecular weight excluding hydrogens is 188 g/mol. The van der Waals surface area contributed by atoms with E-state index >= 15 is 0 Å². The Morgan fingerprint density at radius 1 is 1.62 bits per heavy atom. The molecule has 0 aliphatic carbocycles. The molecule has 0 aromatic heterocycles. The van der Waals surface area contributed by atoms with Crippen LogP contribution in [-0.4, -0.2) is 12.6 Å². The first kappa shape index (κ1) is 8.51. The quantitative estimate of drug-likeness (QED) is 0.628. The van der Waals surface area contributed by atoms with Gasteiger partial charge in [0.15, 0.2) is 5.75 Å².